The zero-order valence-corrected chi connectivity index (χ0v) is 20.1. The van der Waals surface area contributed by atoms with E-state index in [0.717, 1.165) is 38.2 Å². The molecule has 0 radical (unpaired) electrons. The number of ketones is 1. The molecule has 5 rings (SSSR count). The summed E-state index contributed by atoms with van der Waals surface area (Å²) in [5, 5.41) is 0. The summed E-state index contributed by atoms with van der Waals surface area (Å²) in [7, 11) is 0. The minimum Gasteiger partial charge on any atom is -0.472 e. The Labute approximate surface area is 201 Å². The molecule has 178 valence electrons. The van der Waals surface area contributed by atoms with Crippen molar-refractivity contribution >= 4 is 17.4 Å². The molecule has 6 heteroatoms. The van der Waals surface area contributed by atoms with E-state index in [0.29, 0.717) is 36.5 Å². The van der Waals surface area contributed by atoms with E-state index >= 15 is 0 Å². The summed E-state index contributed by atoms with van der Waals surface area (Å²) in [6.07, 6.45) is 2.11. The molecule has 3 aliphatic rings. The summed E-state index contributed by atoms with van der Waals surface area (Å²) in [6.45, 7) is 11.7. The van der Waals surface area contributed by atoms with Crippen molar-refractivity contribution in [1.29, 1.82) is 0 Å². The smallest absolute Gasteiger partial charge is 0.256 e. The fraction of sp³-hybridized carbons (Fsp3) is 0.429. The van der Waals surface area contributed by atoms with Crippen LogP contribution in [0.4, 0.5) is 5.69 Å². The number of likely N-dealkylation sites (N-methyl/N-ethyl adjacent to an activating group) is 1. The molecule has 3 heterocycles. The Morgan fingerprint density at radius 3 is 2.62 bits per heavy atom. The van der Waals surface area contributed by atoms with Gasteiger partial charge in [0.15, 0.2) is 11.7 Å². The Kier molecular flexibility index (Phi) is 6.07. The topological polar surface area (TPSA) is 53.1 Å². The number of carbonyl (C=O) groups excluding carboxylic acids is 2. The summed E-state index contributed by atoms with van der Waals surface area (Å²) >= 11 is 0. The van der Waals surface area contributed by atoms with Crippen LogP contribution in [0.2, 0.25) is 0 Å². The van der Waals surface area contributed by atoms with Crippen LogP contribution in [0.15, 0.2) is 54.9 Å². The van der Waals surface area contributed by atoms with E-state index in [4.69, 9.17) is 4.74 Å². The third-order valence-electron chi connectivity index (χ3n) is 7.40. The van der Waals surface area contributed by atoms with Gasteiger partial charge in [-0.3, -0.25) is 9.59 Å². The van der Waals surface area contributed by atoms with E-state index in [2.05, 4.69) is 47.6 Å². The van der Waals surface area contributed by atoms with Gasteiger partial charge in [-0.25, -0.2) is 0 Å². The Morgan fingerprint density at radius 2 is 1.85 bits per heavy atom. The van der Waals surface area contributed by atoms with Crippen LogP contribution in [0.1, 0.15) is 58.5 Å². The van der Waals surface area contributed by atoms with E-state index < -0.39 is 0 Å². The summed E-state index contributed by atoms with van der Waals surface area (Å²) in [6, 6.07) is 14.2. The molecule has 1 fully saturated rings. The van der Waals surface area contributed by atoms with Crippen LogP contribution in [0.25, 0.3) is 0 Å². The molecule has 2 atom stereocenters. The van der Waals surface area contributed by atoms with E-state index in [9.17, 15) is 9.59 Å². The number of Topliss-reactive ketones (excluding diaryl/α,β-unsaturated/α-hetero) is 1. The second-order valence-electron chi connectivity index (χ2n) is 9.45. The van der Waals surface area contributed by atoms with E-state index in [1.165, 1.54) is 11.1 Å². The molecular formula is C28H33N3O3. The summed E-state index contributed by atoms with van der Waals surface area (Å²) in [5.74, 6) is 0.830. The molecule has 34 heavy (non-hydrogen) atoms. The van der Waals surface area contributed by atoms with Crippen molar-refractivity contribution in [1.82, 2.24) is 9.80 Å². The number of carbonyl (C=O) groups is 2. The predicted molar refractivity (Wildman–Crippen MR) is 133 cm³/mol. The summed E-state index contributed by atoms with van der Waals surface area (Å²) in [5.41, 5.74) is 4.88. The lowest BCUT2D eigenvalue weighted by Crippen LogP contribution is -2.47. The third kappa shape index (κ3) is 3.95. The minimum atomic E-state index is -0.119. The van der Waals surface area contributed by atoms with Crippen LogP contribution in [0, 0.1) is 0 Å². The van der Waals surface area contributed by atoms with Gasteiger partial charge in [-0.05, 0) is 49.6 Å². The van der Waals surface area contributed by atoms with E-state index in [1.807, 2.05) is 24.0 Å². The largest absolute Gasteiger partial charge is 0.472 e. The van der Waals surface area contributed by atoms with Gasteiger partial charge in [0.05, 0.1) is 23.8 Å². The zero-order chi connectivity index (χ0) is 23.8. The highest BCUT2D eigenvalue weighted by molar-refractivity contribution is 6.04. The number of hydrogen-bond acceptors (Lipinski definition) is 5. The van der Waals surface area contributed by atoms with Gasteiger partial charge < -0.3 is 19.4 Å². The normalized spacial score (nSPS) is 21.5. The van der Waals surface area contributed by atoms with Crippen molar-refractivity contribution in [2.75, 3.05) is 31.1 Å². The number of anilines is 1. The first kappa shape index (κ1) is 22.5. The van der Waals surface area contributed by atoms with Crippen molar-refractivity contribution in [3.63, 3.8) is 0 Å². The SMILES string of the molecule is C=C1OC(CN2CCN(CC)c3cc(C(=O)CCC)ccc3C2=O)C2Cc3ccccc3CN12. The van der Waals surface area contributed by atoms with E-state index in [-0.39, 0.29) is 23.8 Å². The number of rotatable bonds is 6. The number of fused-ring (bicyclic) bond motifs is 3. The second kappa shape index (κ2) is 9.16. The molecule has 2 unspecified atom stereocenters. The average Bonchev–Trinajstić information content (AvgIpc) is 3.08. The lowest BCUT2D eigenvalue weighted by Gasteiger charge is -2.34. The Morgan fingerprint density at radius 1 is 1.09 bits per heavy atom. The lowest BCUT2D eigenvalue weighted by atomic mass is 9.92. The molecule has 0 aliphatic carbocycles. The maximum absolute atomic E-state index is 13.7. The molecule has 2 aromatic rings. The van der Waals surface area contributed by atoms with Gasteiger partial charge in [0.1, 0.15) is 6.10 Å². The van der Waals surface area contributed by atoms with Gasteiger partial charge in [-0.1, -0.05) is 37.3 Å². The monoisotopic (exact) mass is 459 g/mol. The van der Waals surface area contributed by atoms with E-state index in [1.54, 1.807) is 6.07 Å². The molecular weight excluding hydrogens is 426 g/mol. The number of ether oxygens (including phenoxy) is 1. The molecule has 3 aliphatic heterocycles. The summed E-state index contributed by atoms with van der Waals surface area (Å²) in [4.78, 5) is 32.5. The highest BCUT2D eigenvalue weighted by atomic mass is 16.5. The Hall–Kier alpha value is -3.28. The van der Waals surface area contributed by atoms with Crippen LogP contribution in [-0.4, -0.2) is 59.8 Å². The number of hydrogen-bond donors (Lipinski definition) is 0. The van der Waals surface area contributed by atoms with Crippen molar-refractivity contribution in [3.8, 4) is 0 Å². The van der Waals surface area contributed by atoms with Gasteiger partial charge in [0.2, 0.25) is 0 Å². The molecule has 0 N–H and O–H groups in total. The molecule has 2 aromatic carbocycles. The first-order chi connectivity index (χ1) is 16.5. The third-order valence-corrected chi connectivity index (χ3v) is 7.40. The standard InChI is InChI=1S/C28H33N3O3/c1-4-8-26(32)21-11-12-23-24(16-21)29(5-2)13-14-30(28(23)33)18-27-25-15-20-9-6-7-10-22(20)17-31(25)19(3)34-27/h6-7,9-12,16,25,27H,3-5,8,13-15,17-18H2,1-2H3. The number of amides is 1. The fourth-order valence-electron chi connectivity index (χ4n) is 5.50. The van der Waals surface area contributed by atoms with Crippen LogP contribution >= 0.6 is 0 Å². The molecule has 1 amide bonds. The molecule has 1 saturated heterocycles. The van der Waals surface area contributed by atoms with Crippen molar-refractivity contribution < 1.29 is 14.3 Å². The van der Waals surface area contributed by atoms with Gasteiger partial charge in [0.25, 0.3) is 5.91 Å². The Balaban J connectivity index is 1.39. The summed E-state index contributed by atoms with van der Waals surface area (Å²) < 4.78 is 6.23. The molecule has 0 aromatic heterocycles. The van der Waals surface area contributed by atoms with Crippen molar-refractivity contribution in [3.05, 3.63) is 77.2 Å². The number of benzene rings is 2. The van der Waals surface area contributed by atoms with Gasteiger partial charge in [-0.2, -0.15) is 0 Å². The fourth-order valence-corrected chi connectivity index (χ4v) is 5.50. The highest BCUT2D eigenvalue weighted by Gasteiger charge is 2.42. The lowest BCUT2D eigenvalue weighted by molar-refractivity contribution is 0.0611. The Bertz CT molecular complexity index is 1130. The second-order valence-corrected chi connectivity index (χ2v) is 9.45. The van der Waals surface area contributed by atoms with Gasteiger partial charge >= 0.3 is 0 Å². The van der Waals surface area contributed by atoms with Crippen LogP contribution < -0.4 is 4.90 Å². The van der Waals surface area contributed by atoms with Gasteiger partial charge in [0, 0.05) is 38.2 Å². The van der Waals surface area contributed by atoms with Crippen LogP contribution in [0.3, 0.4) is 0 Å². The minimum absolute atomic E-state index is 0.00399. The van der Waals surface area contributed by atoms with Crippen LogP contribution in [-0.2, 0) is 17.7 Å². The highest BCUT2D eigenvalue weighted by Crippen LogP contribution is 2.36. The van der Waals surface area contributed by atoms with Crippen molar-refractivity contribution in [2.24, 2.45) is 0 Å². The average molecular weight is 460 g/mol. The molecule has 0 saturated carbocycles. The number of nitrogens with zero attached hydrogens (tertiary/aromatic N) is 3. The van der Waals surface area contributed by atoms with Crippen molar-refractivity contribution in [2.45, 2.75) is 51.8 Å². The first-order valence-corrected chi connectivity index (χ1v) is 12.4. The quantitative estimate of drug-likeness (QED) is 0.605. The van der Waals surface area contributed by atoms with Gasteiger partial charge in [-0.15, -0.1) is 0 Å². The maximum Gasteiger partial charge on any atom is 0.256 e. The predicted octanol–water partition coefficient (Wildman–Crippen LogP) is 4.25. The zero-order valence-electron chi connectivity index (χ0n) is 20.1. The molecule has 0 bridgehead atoms. The first-order valence-electron chi connectivity index (χ1n) is 12.4. The molecule has 6 nitrogen and oxygen atoms in total. The van der Waals surface area contributed by atoms with Crippen LogP contribution in [0.5, 0.6) is 0 Å². The maximum atomic E-state index is 13.7. The molecule has 0 spiro atoms.